The molecule has 2 unspecified atom stereocenters. The van der Waals surface area contributed by atoms with Gasteiger partial charge in [-0.15, -0.1) is 0 Å². The van der Waals surface area contributed by atoms with Crippen molar-refractivity contribution >= 4 is 34.9 Å². The first kappa shape index (κ1) is 25.2. The summed E-state index contributed by atoms with van der Waals surface area (Å²) < 4.78 is 12.3. The first-order valence-corrected chi connectivity index (χ1v) is 13.8. The summed E-state index contributed by atoms with van der Waals surface area (Å²) in [6.45, 7) is 2.56. The zero-order chi connectivity index (χ0) is 26.4. The number of nitrogens with zero attached hydrogens (tertiary/aromatic N) is 3. The molecule has 9 heteroatoms. The van der Waals surface area contributed by atoms with E-state index in [1.54, 1.807) is 36.4 Å². The topological polar surface area (TPSA) is 91.4 Å². The standard InChI is InChI=1S/C29H28Cl2N4O3/c1-16-10-20-12-21(13-25(16)35(20)29(36)33-19-5-2-4-17(11-19)14-32)37-15-22-27(34-38-28(22)18-8-9-18)26-23(30)6-3-7-24(26)31/h2-7,11,16,18,20-21,25H,8-10,12-13,15H2,1H3,(H,33,36)/t16-,20?,21+,25?/m1/s1. The zero-order valence-electron chi connectivity index (χ0n) is 21.0. The highest BCUT2D eigenvalue weighted by Crippen LogP contribution is 2.47. The van der Waals surface area contributed by atoms with Crippen LogP contribution in [-0.4, -0.2) is 34.3 Å². The maximum atomic E-state index is 13.3. The number of carbonyl (C=O) groups is 1. The molecule has 3 aliphatic rings. The van der Waals surface area contributed by atoms with Crippen molar-refractivity contribution in [2.45, 2.75) is 69.7 Å². The van der Waals surface area contributed by atoms with Crippen molar-refractivity contribution in [3.8, 4) is 17.3 Å². The van der Waals surface area contributed by atoms with Crippen molar-refractivity contribution in [2.24, 2.45) is 5.92 Å². The largest absolute Gasteiger partial charge is 0.373 e. The summed E-state index contributed by atoms with van der Waals surface area (Å²) in [5.74, 6) is 1.60. The van der Waals surface area contributed by atoms with Gasteiger partial charge in [-0.25, -0.2) is 4.79 Å². The van der Waals surface area contributed by atoms with Gasteiger partial charge in [-0.05, 0) is 68.4 Å². The average Bonchev–Trinajstić information content (AvgIpc) is 3.62. The third-order valence-corrected chi connectivity index (χ3v) is 8.63. The molecular weight excluding hydrogens is 523 g/mol. The number of halogens is 2. The van der Waals surface area contributed by atoms with E-state index >= 15 is 0 Å². The Morgan fingerprint density at radius 3 is 2.66 bits per heavy atom. The van der Waals surface area contributed by atoms with E-state index < -0.39 is 0 Å². The van der Waals surface area contributed by atoms with Crippen LogP contribution in [0.5, 0.6) is 0 Å². The van der Waals surface area contributed by atoms with Gasteiger partial charge in [0.15, 0.2) is 0 Å². The number of rotatable bonds is 6. The fourth-order valence-corrected chi connectivity index (χ4v) is 6.60. The molecule has 4 atom stereocenters. The number of anilines is 1. The van der Waals surface area contributed by atoms with Crippen molar-refractivity contribution in [3.63, 3.8) is 0 Å². The van der Waals surface area contributed by atoms with Crippen LogP contribution in [-0.2, 0) is 11.3 Å². The van der Waals surface area contributed by atoms with E-state index in [0.717, 1.165) is 43.4 Å². The molecule has 2 aromatic carbocycles. The number of amides is 2. The van der Waals surface area contributed by atoms with Crippen LogP contribution in [0.1, 0.15) is 61.8 Å². The predicted molar refractivity (Wildman–Crippen MR) is 145 cm³/mol. The maximum absolute atomic E-state index is 13.3. The third kappa shape index (κ3) is 4.77. The monoisotopic (exact) mass is 550 g/mol. The molecule has 2 amide bonds. The lowest BCUT2D eigenvalue weighted by atomic mass is 9.97. The Morgan fingerprint density at radius 1 is 1.18 bits per heavy atom. The summed E-state index contributed by atoms with van der Waals surface area (Å²) in [7, 11) is 0. The summed E-state index contributed by atoms with van der Waals surface area (Å²) in [6.07, 6.45) is 4.62. The van der Waals surface area contributed by atoms with Crippen LogP contribution < -0.4 is 5.32 Å². The molecule has 1 aliphatic carbocycles. The lowest BCUT2D eigenvalue weighted by Gasteiger charge is -2.39. The van der Waals surface area contributed by atoms with Crippen LogP contribution in [0, 0.1) is 17.2 Å². The van der Waals surface area contributed by atoms with Gasteiger partial charge in [-0.3, -0.25) is 0 Å². The molecule has 2 bridgehead atoms. The van der Waals surface area contributed by atoms with E-state index in [2.05, 4.69) is 23.5 Å². The molecule has 196 valence electrons. The van der Waals surface area contributed by atoms with E-state index in [-0.39, 0.29) is 24.2 Å². The van der Waals surface area contributed by atoms with Gasteiger partial charge in [0, 0.05) is 34.8 Å². The summed E-state index contributed by atoms with van der Waals surface area (Å²) in [4.78, 5) is 15.2. The fraction of sp³-hybridized carbons (Fsp3) is 0.414. The van der Waals surface area contributed by atoms with Crippen LogP contribution >= 0.6 is 23.2 Å². The van der Waals surface area contributed by atoms with Crippen LogP contribution in [0.2, 0.25) is 10.0 Å². The minimum atomic E-state index is -0.122. The Bertz CT molecular complexity index is 1390. The van der Waals surface area contributed by atoms with Crippen molar-refractivity contribution in [1.29, 1.82) is 5.26 Å². The van der Waals surface area contributed by atoms with Crippen molar-refractivity contribution in [1.82, 2.24) is 10.1 Å². The molecular formula is C29H28Cl2N4O3. The molecule has 3 heterocycles. The molecule has 2 saturated heterocycles. The summed E-state index contributed by atoms with van der Waals surface area (Å²) in [5, 5.41) is 17.6. The minimum absolute atomic E-state index is 0.0115. The van der Waals surface area contributed by atoms with E-state index in [0.29, 0.717) is 51.0 Å². The minimum Gasteiger partial charge on any atom is -0.373 e. The molecule has 2 aliphatic heterocycles. The van der Waals surface area contributed by atoms with Crippen molar-refractivity contribution in [3.05, 3.63) is 69.4 Å². The number of nitriles is 1. The van der Waals surface area contributed by atoms with Gasteiger partial charge in [-0.1, -0.05) is 47.4 Å². The highest BCUT2D eigenvalue weighted by molar-refractivity contribution is 6.39. The number of benzene rings is 2. The number of carbonyl (C=O) groups excluding carboxylic acids is 1. The third-order valence-electron chi connectivity index (χ3n) is 8.00. The van der Waals surface area contributed by atoms with Gasteiger partial charge in [0.25, 0.3) is 0 Å². The molecule has 7 nitrogen and oxygen atoms in total. The number of piperidine rings is 1. The second-order valence-electron chi connectivity index (χ2n) is 10.6. The van der Waals surface area contributed by atoms with Crippen LogP contribution in [0.15, 0.2) is 47.0 Å². The van der Waals surface area contributed by atoms with E-state index in [9.17, 15) is 10.1 Å². The van der Waals surface area contributed by atoms with Gasteiger partial charge in [0.2, 0.25) is 0 Å². The second-order valence-corrected chi connectivity index (χ2v) is 11.4. The van der Waals surface area contributed by atoms with Crippen molar-refractivity contribution < 1.29 is 14.1 Å². The first-order valence-electron chi connectivity index (χ1n) is 13.1. The van der Waals surface area contributed by atoms with Gasteiger partial charge in [0.1, 0.15) is 11.5 Å². The SMILES string of the molecule is C[C@@H]1CC2C[C@H](OCc3c(-c4c(Cl)cccc4Cl)noc3C3CC3)CC1N2C(=O)Nc1cccc(C#N)c1. The van der Waals surface area contributed by atoms with Gasteiger partial charge >= 0.3 is 6.03 Å². The first-order chi connectivity index (χ1) is 18.4. The highest BCUT2D eigenvalue weighted by Gasteiger charge is 2.47. The van der Waals surface area contributed by atoms with Gasteiger partial charge in [-0.2, -0.15) is 5.26 Å². The lowest BCUT2D eigenvalue weighted by Crippen LogP contribution is -2.51. The normalized spacial score (nSPS) is 24.3. The van der Waals surface area contributed by atoms with Crippen LogP contribution in [0.3, 0.4) is 0 Å². The van der Waals surface area contributed by atoms with E-state index in [1.165, 1.54) is 0 Å². The molecule has 0 spiro atoms. The summed E-state index contributed by atoms with van der Waals surface area (Å²) in [6, 6.07) is 14.6. The molecule has 3 aromatic rings. The molecule has 0 radical (unpaired) electrons. The lowest BCUT2D eigenvalue weighted by molar-refractivity contribution is -0.0181. The Kier molecular flexibility index (Phi) is 6.81. The smallest absolute Gasteiger partial charge is 0.322 e. The van der Waals surface area contributed by atoms with Crippen molar-refractivity contribution in [2.75, 3.05) is 5.32 Å². The molecule has 1 N–H and O–H groups in total. The Labute approximate surface area is 231 Å². The molecule has 6 rings (SSSR count). The Hall–Kier alpha value is -3.05. The zero-order valence-corrected chi connectivity index (χ0v) is 22.5. The molecule has 1 aromatic heterocycles. The number of nitrogens with one attached hydrogen (secondary N) is 1. The number of urea groups is 1. The number of hydrogen-bond acceptors (Lipinski definition) is 5. The maximum Gasteiger partial charge on any atom is 0.322 e. The molecule has 1 saturated carbocycles. The average molecular weight is 551 g/mol. The van der Waals surface area contributed by atoms with Crippen LogP contribution in [0.4, 0.5) is 10.5 Å². The second kappa shape index (κ2) is 10.3. The van der Waals surface area contributed by atoms with E-state index in [1.807, 2.05) is 11.0 Å². The van der Waals surface area contributed by atoms with E-state index in [4.69, 9.17) is 32.5 Å². The number of hydrogen-bond donors (Lipinski definition) is 1. The summed E-state index contributed by atoms with van der Waals surface area (Å²) >= 11 is 13.0. The quantitative estimate of drug-likeness (QED) is 0.345. The number of aromatic nitrogens is 1. The molecule has 38 heavy (non-hydrogen) atoms. The number of fused-ring (bicyclic) bond motifs is 2. The predicted octanol–water partition coefficient (Wildman–Crippen LogP) is 7.39. The number of ether oxygens (including phenoxy) is 1. The summed E-state index contributed by atoms with van der Waals surface area (Å²) in [5.41, 5.74) is 3.38. The van der Waals surface area contributed by atoms with Gasteiger partial charge in [0.05, 0.1) is 34.4 Å². The molecule has 3 fully saturated rings. The highest BCUT2D eigenvalue weighted by atomic mass is 35.5. The Morgan fingerprint density at radius 2 is 1.95 bits per heavy atom. The van der Waals surface area contributed by atoms with Gasteiger partial charge < -0.3 is 19.5 Å². The fourth-order valence-electron chi connectivity index (χ4n) is 6.03. The Balaban J connectivity index is 1.17. The van der Waals surface area contributed by atoms with Crippen LogP contribution in [0.25, 0.3) is 11.3 Å².